The van der Waals surface area contributed by atoms with Crippen LogP contribution in [-0.4, -0.2) is 27.9 Å². The molecule has 0 bridgehead atoms. The molecule has 0 saturated carbocycles. The summed E-state index contributed by atoms with van der Waals surface area (Å²) in [5, 5.41) is 22.0. The molecular weight excluding hydrogens is 344 g/mol. The SMILES string of the molecule is CC(C)(O)c1cccc(NC(=O)C2CCC(=O)N2c2cc(C#N)ccn2)c1. The summed E-state index contributed by atoms with van der Waals surface area (Å²) in [4.78, 5) is 30.6. The Bertz CT molecular complexity index is 927. The number of carbonyl (C=O) groups excluding carboxylic acids is 2. The van der Waals surface area contributed by atoms with E-state index in [9.17, 15) is 14.7 Å². The zero-order valence-electron chi connectivity index (χ0n) is 15.1. The number of nitrogens with zero attached hydrogens (tertiary/aromatic N) is 3. The van der Waals surface area contributed by atoms with Gasteiger partial charge in [-0.2, -0.15) is 5.26 Å². The van der Waals surface area contributed by atoms with Crippen LogP contribution in [0.4, 0.5) is 11.5 Å². The van der Waals surface area contributed by atoms with E-state index >= 15 is 0 Å². The van der Waals surface area contributed by atoms with Gasteiger partial charge in [0, 0.05) is 18.3 Å². The van der Waals surface area contributed by atoms with Crippen LogP contribution in [0.2, 0.25) is 0 Å². The Morgan fingerprint density at radius 3 is 2.85 bits per heavy atom. The quantitative estimate of drug-likeness (QED) is 0.866. The van der Waals surface area contributed by atoms with Crippen LogP contribution in [0.15, 0.2) is 42.6 Å². The van der Waals surface area contributed by atoms with Crippen molar-refractivity contribution >= 4 is 23.3 Å². The lowest BCUT2D eigenvalue weighted by Gasteiger charge is -2.24. The van der Waals surface area contributed by atoms with Gasteiger partial charge in [0.1, 0.15) is 11.9 Å². The maximum Gasteiger partial charge on any atom is 0.247 e. The Morgan fingerprint density at radius 1 is 1.37 bits per heavy atom. The molecule has 1 unspecified atom stereocenters. The minimum atomic E-state index is -1.03. The van der Waals surface area contributed by atoms with Gasteiger partial charge in [-0.1, -0.05) is 12.1 Å². The minimum absolute atomic E-state index is 0.206. The number of benzene rings is 1. The predicted octanol–water partition coefficient (Wildman–Crippen LogP) is 2.31. The minimum Gasteiger partial charge on any atom is -0.386 e. The van der Waals surface area contributed by atoms with Crippen molar-refractivity contribution in [3.05, 3.63) is 53.7 Å². The molecule has 2 amide bonds. The summed E-state index contributed by atoms with van der Waals surface area (Å²) >= 11 is 0. The zero-order valence-corrected chi connectivity index (χ0v) is 15.1. The van der Waals surface area contributed by atoms with Gasteiger partial charge in [0.05, 0.1) is 17.2 Å². The maximum atomic E-state index is 12.8. The number of pyridine rings is 1. The molecule has 7 nitrogen and oxygen atoms in total. The van der Waals surface area contributed by atoms with Crippen LogP contribution < -0.4 is 10.2 Å². The van der Waals surface area contributed by atoms with Crippen molar-refractivity contribution in [3.8, 4) is 6.07 Å². The summed E-state index contributed by atoms with van der Waals surface area (Å²) in [6.07, 6.45) is 2.05. The number of nitriles is 1. The third kappa shape index (κ3) is 3.96. The lowest BCUT2D eigenvalue weighted by atomic mass is 9.98. The first-order valence-corrected chi connectivity index (χ1v) is 8.61. The van der Waals surface area contributed by atoms with Crippen molar-refractivity contribution in [2.45, 2.75) is 38.3 Å². The Kier molecular flexibility index (Phi) is 4.93. The fraction of sp³-hybridized carbons (Fsp3) is 0.300. The van der Waals surface area contributed by atoms with Crippen LogP contribution in [0.5, 0.6) is 0 Å². The van der Waals surface area contributed by atoms with E-state index in [1.807, 2.05) is 6.07 Å². The lowest BCUT2D eigenvalue weighted by molar-refractivity contribution is -0.120. The molecule has 138 valence electrons. The summed E-state index contributed by atoms with van der Waals surface area (Å²) in [7, 11) is 0. The van der Waals surface area contributed by atoms with Crippen LogP contribution in [0.3, 0.4) is 0 Å². The van der Waals surface area contributed by atoms with Gasteiger partial charge >= 0.3 is 0 Å². The second kappa shape index (κ2) is 7.17. The molecular formula is C20H20N4O3. The van der Waals surface area contributed by atoms with Gasteiger partial charge in [-0.3, -0.25) is 14.5 Å². The number of amides is 2. The molecule has 1 fully saturated rings. The monoisotopic (exact) mass is 364 g/mol. The number of aromatic nitrogens is 1. The Morgan fingerprint density at radius 2 is 2.15 bits per heavy atom. The number of hydrogen-bond donors (Lipinski definition) is 2. The van der Waals surface area contributed by atoms with Gasteiger partial charge < -0.3 is 10.4 Å². The highest BCUT2D eigenvalue weighted by Crippen LogP contribution is 2.27. The fourth-order valence-electron chi connectivity index (χ4n) is 3.04. The van der Waals surface area contributed by atoms with E-state index in [4.69, 9.17) is 5.26 Å². The zero-order chi connectivity index (χ0) is 19.6. The second-order valence-electron chi connectivity index (χ2n) is 6.96. The van der Waals surface area contributed by atoms with Gasteiger partial charge in [-0.05, 0) is 50.1 Å². The van der Waals surface area contributed by atoms with Gasteiger partial charge in [-0.15, -0.1) is 0 Å². The molecule has 27 heavy (non-hydrogen) atoms. The Labute approximate surface area is 157 Å². The summed E-state index contributed by atoms with van der Waals surface area (Å²) in [5.41, 5.74) is 0.551. The molecule has 0 spiro atoms. The van der Waals surface area contributed by atoms with Crippen LogP contribution in [-0.2, 0) is 15.2 Å². The topological polar surface area (TPSA) is 106 Å². The van der Waals surface area contributed by atoms with E-state index in [0.717, 1.165) is 0 Å². The number of carbonyl (C=O) groups is 2. The molecule has 7 heteroatoms. The van der Waals surface area contributed by atoms with E-state index in [1.165, 1.54) is 17.2 Å². The summed E-state index contributed by atoms with van der Waals surface area (Å²) in [6, 6.07) is 11.3. The van der Waals surface area contributed by atoms with Gasteiger partial charge in [0.2, 0.25) is 11.8 Å². The van der Waals surface area contributed by atoms with Crippen LogP contribution in [0.25, 0.3) is 0 Å². The van der Waals surface area contributed by atoms with Crippen molar-refractivity contribution in [1.29, 1.82) is 5.26 Å². The lowest BCUT2D eigenvalue weighted by Crippen LogP contribution is -2.42. The summed E-state index contributed by atoms with van der Waals surface area (Å²) in [5.74, 6) is -0.247. The highest BCUT2D eigenvalue weighted by Gasteiger charge is 2.38. The maximum absolute atomic E-state index is 12.8. The number of aliphatic hydroxyl groups is 1. The number of rotatable bonds is 4. The third-order valence-electron chi connectivity index (χ3n) is 4.47. The first-order chi connectivity index (χ1) is 12.8. The molecule has 0 aliphatic carbocycles. The molecule has 0 radical (unpaired) electrons. The van der Waals surface area contributed by atoms with Crippen LogP contribution in [0, 0.1) is 11.3 Å². The van der Waals surface area contributed by atoms with Crippen LogP contribution in [0.1, 0.15) is 37.8 Å². The van der Waals surface area contributed by atoms with Crippen molar-refractivity contribution in [3.63, 3.8) is 0 Å². The van der Waals surface area contributed by atoms with Crippen LogP contribution >= 0.6 is 0 Å². The molecule has 1 atom stereocenters. The molecule has 1 aliphatic heterocycles. The van der Waals surface area contributed by atoms with E-state index in [2.05, 4.69) is 10.3 Å². The van der Waals surface area contributed by atoms with E-state index in [0.29, 0.717) is 29.1 Å². The Hall–Kier alpha value is -3.24. The standard InChI is InChI=1S/C20H20N4O3/c1-20(2,27)14-4-3-5-15(11-14)23-19(26)16-6-7-18(25)24(16)17-10-13(12-21)8-9-22-17/h3-5,8-11,16,27H,6-7H2,1-2H3,(H,23,26). The largest absolute Gasteiger partial charge is 0.386 e. The molecule has 1 aliphatic rings. The molecule has 2 aromatic rings. The number of nitrogens with one attached hydrogen (secondary N) is 1. The summed E-state index contributed by atoms with van der Waals surface area (Å²) < 4.78 is 0. The van der Waals surface area contributed by atoms with Crippen molar-refractivity contribution in [2.24, 2.45) is 0 Å². The summed E-state index contributed by atoms with van der Waals surface area (Å²) in [6.45, 7) is 3.33. The van der Waals surface area contributed by atoms with Crippen molar-refractivity contribution < 1.29 is 14.7 Å². The third-order valence-corrected chi connectivity index (χ3v) is 4.47. The van der Waals surface area contributed by atoms with E-state index in [-0.39, 0.29) is 18.2 Å². The molecule has 2 N–H and O–H groups in total. The number of hydrogen-bond acceptors (Lipinski definition) is 5. The van der Waals surface area contributed by atoms with E-state index in [1.54, 1.807) is 44.2 Å². The van der Waals surface area contributed by atoms with Gasteiger partial charge in [-0.25, -0.2) is 4.98 Å². The highest BCUT2D eigenvalue weighted by atomic mass is 16.3. The van der Waals surface area contributed by atoms with Gasteiger partial charge in [0.15, 0.2) is 0 Å². The molecule has 1 saturated heterocycles. The average molecular weight is 364 g/mol. The molecule has 1 aromatic carbocycles. The first kappa shape index (κ1) is 18.5. The molecule has 2 heterocycles. The highest BCUT2D eigenvalue weighted by molar-refractivity contribution is 6.07. The Balaban J connectivity index is 1.83. The molecule has 1 aromatic heterocycles. The first-order valence-electron chi connectivity index (χ1n) is 8.61. The number of anilines is 2. The predicted molar refractivity (Wildman–Crippen MR) is 99.8 cm³/mol. The second-order valence-corrected chi connectivity index (χ2v) is 6.96. The van der Waals surface area contributed by atoms with Crippen molar-refractivity contribution in [1.82, 2.24) is 4.98 Å². The molecule has 3 rings (SSSR count). The average Bonchev–Trinajstić information content (AvgIpc) is 3.03. The fourth-order valence-corrected chi connectivity index (χ4v) is 3.04. The van der Waals surface area contributed by atoms with E-state index < -0.39 is 11.6 Å². The van der Waals surface area contributed by atoms with Crippen molar-refractivity contribution in [2.75, 3.05) is 10.2 Å². The smallest absolute Gasteiger partial charge is 0.247 e. The van der Waals surface area contributed by atoms with Gasteiger partial charge in [0.25, 0.3) is 0 Å². The normalized spacial score (nSPS) is 16.9.